The van der Waals surface area contributed by atoms with Crippen molar-refractivity contribution in [2.75, 3.05) is 0 Å². The minimum atomic E-state index is -0.369. The van der Waals surface area contributed by atoms with E-state index >= 15 is 0 Å². The average molecular weight is 220 g/mol. The molecule has 0 aromatic heterocycles. The van der Waals surface area contributed by atoms with Gasteiger partial charge in [0, 0.05) is 0 Å². The van der Waals surface area contributed by atoms with Crippen LogP contribution in [0.4, 0.5) is 0 Å². The van der Waals surface area contributed by atoms with Crippen molar-refractivity contribution in [3.8, 4) is 0 Å². The summed E-state index contributed by atoms with van der Waals surface area (Å²) in [5.41, 5.74) is 2.41. The fourth-order valence-electron chi connectivity index (χ4n) is 2.03. The molecule has 1 heteroatoms. The smallest absolute Gasteiger partial charge is 0.0755 e. The predicted molar refractivity (Wildman–Crippen MR) is 70.3 cm³/mol. The van der Waals surface area contributed by atoms with Gasteiger partial charge in [-0.1, -0.05) is 44.2 Å². The van der Waals surface area contributed by atoms with Gasteiger partial charge in [0.05, 0.1) is 6.10 Å². The van der Waals surface area contributed by atoms with Crippen molar-refractivity contribution in [3.63, 3.8) is 0 Å². The van der Waals surface area contributed by atoms with Crippen LogP contribution in [0.1, 0.15) is 46.5 Å². The van der Waals surface area contributed by atoms with Crippen LogP contribution in [-0.2, 0) is 0 Å². The van der Waals surface area contributed by atoms with E-state index in [1.807, 2.05) is 0 Å². The maximum atomic E-state index is 10.0. The average Bonchev–Trinajstić information content (AvgIpc) is 2.16. The van der Waals surface area contributed by atoms with Gasteiger partial charge in [-0.05, 0) is 43.6 Å². The molecule has 0 saturated heterocycles. The Morgan fingerprint density at radius 3 is 2.81 bits per heavy atom. The summed E-state index contributed by atoms with van der Waals surface area (Å²) in [7, 11) is 0. The lowest BCUT2D eigenvalue weighted by Gasteiger charge is -2.24. The van der Waals surface area contributed by atoms with Crippen LogP contribution in [0.15, 0.2) is 36.0 Å². The van der Waals surface area contributed by atoms with Gasteiger partial charge >= 0.3 is 0 Å². The van der Waals surface area contributed by atoms with Crippen molar-refractivity contribution in [3.05, 3.63) is 36.0 Å². The maximum absolute atomic E-state index is 10.0. The van der Waals surface area contributed by atoms with Crippen molar-refractivity contribution in [1.29, 1.82) is 0 Å². The molecule has 0 unspecified atom stereocenters. The van der Waals surface area contributed by atoms with Gasteiger partial charge in [0.2, 0.25) is 0 Å². The third kappa shape index (κ3) is 4.36. The van der Waals surface area contributed by atoms with Gasteiger partial charge in [-0.15, -0.1) is 0 Å². The summed E-state index contributed by atoms with van der Waals surface area (Å²) in [5.74, 6) is 0. The van der Waals surface area contributed by atoms with Gasteiger partial charge < -0.3 is 5.11 Å². The fraction of sp³-hybridized carbons (Fsp3) is 0.600. The molecular formula is C15H24O. The van der Waals surface area contributed by atoms with Crippen LogP contribution in [0.3, 0.4) is 0 Å². The Labute approximate surface area is 99.6 Å². The second kappa shape index (κ2) is 5.49. The van der Waals surface area contributed by atoms with Crippen LogP contribution in [0.5, 0.6) is 0 Å². The van der Waals surface area contributed by atoms with E-state index in [-0.39, 0.29) is 11.5 Å². The van der Waals surface area contributed by atoms with E-state index < -0.39 is 0 Å². The topological polar surface area (TPSA) is 20.2 Å². The zero-order valence-electron chi connectivity index (χ0n) is 10.8. The molecule has 0 aromatic carbocycles. The molecule has 0 aromatic rings. The number of hydrogen-bond acceptors (Lipinski definition) is 1. The minimum Gasteiger partial charge on any atom is -0.389 e. The monoisotopic (exact) mass is 220 g/mol. The standard InChI is InChI=1S/C15H24O/c1-12-7-5-9-13(2)14(16)11-15(3,4)10-6-8-12/h6-7,10,14,16H,2,5,8-9,11H2,1,3-4H3/b10-6+,12-7+/t14-/m0/s1. The van der Waals surface area contributed by atoms with Gasteiger partial charge in [-0.25, -0.2) is 0 Å². The van der Waals surface area contributed by atoms with Crippen molar-refractivity contribution in [1.82, 2.24) is 0 Å². The summed E-state index contributed by atoms with van der Waals surface area (Å²) in [5, 5.41) is 10.0. The summed E-state index contributed by atoms with van der Waals surface area (Å²) in [6.07, 6.45) is 9.99. The van der Waals surface area contributed by atoms with E-state index in [1.165, 1.54) is 5.57 Å². The Bertz CT molecular complexity index is 307. The van der Waals surface area contributed by atoms with E-state index in [2.05, 4.69) is 45.6 Å². The minimum absolute atomic E-state index is 0.0486. The second-order valence-electron chi connectivity index (χ2n) is 5.56. The van der Waals surface area contributed by atoms with Gasteiger partial charge in [-0.2, -0.15) is 0 Å². The first-order valence-electron chi connectivity index (χ1n) is 6.10. The van der Waals surface area contributed by atoms with E-state index in [1.54, 1.807) is 0 Å². The fourth-order valence-corrected chi connectivity index (χ4v) is 2.03. The predicted octanol–water partition coefficient (Wildman–Crippen LogP) is 4.01. The highest BCUT2D eigenvalue weighted by Crippen LogP contribution is 2.28. The number of allylic oxidation sites excluding steroid dienone is 4. The summed E-state index contributed by atoms with van der Waals surface area (Å²) in [6.45, 7) is 10.5. The lowest BCUT2D eigenvalue weighted by Crippen LogP contribution is -2.20. The van der Waals surface area contributed by atoms with E-state index in [0.717, 1.165) is 31.3 Å². The molecule has 0 fully saturated rings. The third-order valence-corrected chi connectivity index (χ3v) is 3.16. The van der Waals surface area contributed by atoms with Crippen LogP contribution < -0.4 is 0 Å². The normalized spacial score (nSPS) is 32.4. The molecular weight excluding hydrogens is 196 g/mol. The van der Waals surface area contributed by atoms with Gasteiger partial charge in [0.15, 0.2) is 0 Å². The molecule has 90 valence electrons. The van der Waals surface area contributed by atoms with Crippen LogP contribution in [0, 0.1) is 5.41 Å². The molecule has 1 atom stereocenters. The molecule has 0 radical (unpaired) electrons. The molecule has 1 rings (SSSR count). The zero-order chi connectivity index (χ0) is 12.2. The number of hydrogen-bond donors (Lipinski definition) is 1. The largest absolute Gasteiger partial charge is 0.389 e. The van der Waals surface area contributed by atoms with E-state index in [4.69, 9.17) is 0 Å². The van der Waals surface area contributed by atoms with Gasteiger partial charge in [0.1, 0.15) is 0 Å². The second-order valence-corrected chi connectivity index (χ2v) is 5.56. The molecule has 0 amide bonds. The summed E-state index contributed by atoms with van der Waals surface area (Å²) < 4.78 is 0. The molecule has 1 aliphatic carbocycles. The summed E-state index contributed by atoms with van der Waals surface area (Å²) >= 11 is 0. The van der Waals surface area contributed by atoms with Gasteiger partial charge in [0.25, 0.3) is 0 Å². The Hall–Kier alpha value is -0.820. The number of aliphatic hydroxyl groups excluding tert-OH is 1. The van der Waals surface area contributed by atoms with Crippen molar-refractivity contribution < 1.29 is 5.11 Å². The van der Waals surface area contributed by atoms with E-state index in [0.29, 0.717) is 0 Å². The van der Waals surface area contributed by atoms with Gasteiger partial charge in [-0.3, -0.25) is 0 Å². The molecule has 1 N–H and O–H groups in total. The van der Waals surface area contributed by atoms with Crippen molar-refractivity contribution in [2.45, 2.75) is 52.6 Å². The van der Waals surface area contributed by atoms with E-state index in [9.17, 15) is 5.11 Å². The Kier molecular flexibility index (Phi) is 4.55. The molecule has 16 heavy (non-hydrogen) atoms. The van der Waals surface area contributed by atoms with Crippen molar-refractivity contribution in [2.24, 2.45) is 5.41 Å². The summed E-state index contributed by atoms with van der Waals surface area (Å²) in [4.78, 5) is 0. The first-order chi connectivity index (χ1) is 7.41. The maximum Gasteiger partial charge on any atom is 0.0755 e. The molecule has 0 aliphatic heterocycles. The highest BCUT2D eigenvalue weighted by Gasteiger charge is 2.20. The molecule has 1 nitrogen and oxygen atoms in total. The lowest BCUT2D eigenvalue weighted by molar-refractivity contribution is 0.160. The highest BCUT2D eigenvalue weighted by molar-refractivity contribution is 5.12. The molecule has 1 aliphatic rings. The molecule has 0 saturated carbocycles. The molecule has 0 heterocycles. The van der Waals surface area contributed by atoms with Crippen LogP contribution in [0.2, 0.25) is 0 Å². The zero-order valence-corrected chi connectivity index (χ0v) is 10.8. The first-order valence-corrected chi connectivity index (χ1v) is 6.10. The molecule has 0 bridgehead atoms. The lowest BCUT2D eigenvalue weighted by atomic mass is 9.84. The van der Waals surface area contributed by atoms with Crippen LogP contribution >= 0.6 is 0 Å². The quantitative estimate of drug-likeness (QED) is 0.612. The Balaban J connectivity index is 2.82. The SMILES string of the molecule is C=C1CC/C=C(\C)C/C=C/C(C)(C)C[C@@H]1O. The number of rotatable bonds is 0. The Morgan fingerprint density at radius 1 is 1.44 bits per heavy atom. The van der Waals surface area contributed by atoms with Crippen LogP contribution in [0.25, 0.3) is 0 Å². The van der Waals surface area contributed by atoms with Crippen LogP contribution in [-0.4, -0.2) is 11.2 Å². The third-order valence-electron chi connectivity index (χ3n) is 3.16. The first kappa shape index (κ1) is 13.2. The number of aliphatic hydroxyl groups is 1. The highest BCUT2D eigenvalue weighted by atomic mass is 16.3. The molecule has 0 spiro atoms. The summed E-state index contributed by atoms with van der Waals surface area (Å²) in [6, 6.07) is 0. The Morgan fingerprint density at radius 2 is 2.12 bits per heavy atom. The van der Waals surface area contributed by atoms with Crippen molar-refractivity contribution >= 4 is 0 Å².